The summed E-state index contributed by atoms with van der Waals surface area (Å²) in [4.78, 5) is 19.9. The molecule has 0 unspecified atom stereocenters. The van der Waals surface area contributed by atoms with Crippen LogP contribution in [0, 0.1) is 5.92 Å². The highest BCUT2D eigenvalue weighted by Crippen LogP contribution is 2.31. The summed E-state index contributed by atoms with van der Waals surface area (Å²) in [6, 6.07) is 6.24. The zero-order chi connectivity index (χ0) is 22.9. The van der Waals surface area contributed by atoms with Crippen LogP contribution in [0.15, 0.2) is 22.6 Å². The Balaban J connectivity index is 1.28. The number of piperidine rings is 1. The summed E-state index contributed by atoms with van der Waals surface area (Å²) in [6.45, 7) is 10.4. The number of carbonyl (C=O) groups is 1. The Morgan fingerprint density at radius 3 is 2.62 bits per heavy atom. The van der Waals surface area contributed by atoms with Gasteiger partial charge in [-0.15, -0.1) is 0 Å². The van der Waals surface area contributed by atoms with Crippen LogP contribution < -0.4 is 9.64 Å². The molecule has 8 heteroatoms. The number of ether oxygens (including phenoxy) is 2. The quantitative estimate of drug-likeness (QED) is 0.626. The first kappa shape index (κ1) is 22.7. The molecule has 1 aromatic carbocycles. The fraction of sp³-hybridized carbons (Fsp3) is 0.667. The van der Waals surface area contributed by atoms with Gasteiger partial charge in [-0.05, 0) is 71.4 Å². The molecular weight excluding hydrogens is 410 g/mol. The van der Waals surface area contributed by atoms with Gasteiger partial charge in [0.25, 0.3) is 6.01 Å². The van der Waals surface area contributed by atoms with Crippen LogP contribution in [0.5, 0.6) is 5.75 Å². The second-order valence-corrected chi connectivity index (χ2v) is 10.1. The van der Waals surface area contributed by atoms with Crippen molar-refractivity contribution in [1.82, 2.24) is 9.88 Å². The lowest BCUT2D eigenvalue weighted by Crippen LogP contribution is -2.52. The number of nitrogens with zero attached hydrogens (tertiary/aromatic N) is 3. The van der Waals surface area contributed by atoms with Crippen molar-refractivity contribution >= 4 is 23.2 Å². The van der Waals surface area contributed by atoms with Crippen LogP contribution in [0.1, 0.15) is 53.4 Å². The maximum absolute atomic E-state index is 11.6. The molecule has 2 aromatic rings. The zero-order valence-electron chi connectivity index (χ0n) is 19.5. The molecule has 1 atom stereocenters. The van der Waals surface area contributed by atoms with Crippen LogP contribution in [0.3, 0.4) is 0 Å². The van der Waals surface area contributed by atoms with E-state index in [2.05, 4.69) is 9.88 Å². The van der Waals surface area contributed by atoms with Gasteiger partial charge in [0.15, 0.2) is 5.58 Å². The minimum Gasteiger partial charge on any atom is -0.493 e. The smallest absolute Gasteiger partial charge is 0.408 e. The van der Waals surface area contributed by atoms with Gasteiger partial charge in [0.2, 0.25) is 0 Å². The van der Waals surface area contributed by atoms with E-state index < -0.39 is 11.6 Å². The van der Waals surface area contributed by atoms with Crippen molar-refractivity contribution in [2.24, 2.45) is 5.92 Å². The van der Waals surface area contributed by atoms with Gasteiger partial charge in [0, 0.05) is 24.7 Å². The number of hydrogen-bond acceptors (Lipinski definition) is 6. The lowest BCUT2D eigenvalue weighted by molar-refractivity contribution is -0.0142. The van der Waals surface area contributed by atoms with E-state index in [1.165, 1.54) is 17.7 Å². The van der Waals surface area contributed by atoms with Crippen LogP contribution in [0.25, 0.3) is 11.1 Å². The monoisotopic (exact) mass is 445 g/mol. The summed E-state index contributed by atoms with van der Waals surface area (Å²) in [5, 5.41) is 9.55. The van der Waals surface area contributed by atoms with E-state index in [1.54, 1.807) is 0 Å². The van der Waals surface area contributed by atoms with E-state index in [4.69, 9.17) is 13.9 Å². The second-order valence-electron chi connectivity index (χ2n) is 10.1. The average Bonchev–Trinajstić information content (AvgIpc) is 3.46. The first-order valence-corrected chi connectivity index (χ1v) is 11.6. The molecule has 0 bridgehead atoms. The van der Waals surface area contributed by atoms with E-state index in [0.717, 1.165) is 49.4 Å². The minimum absolute atomic E-state index is 0.108. The third-order valence-corrected chi connectivity index (χ3v) is 6.19. The van der Waals surface area contributed by atoms with E-state index in [-0.39, 0.29) is 12.1 Å². The molecular formula is C24H35N3O5. The van der Waals surface area contributed by atoms with Crippen molar-refractivity contribution in [3.05, 3.63) is 18.2 Å². The third kappa shape index (κ3) is 5.46. The Labute approximate surface area is 189 Å². The molecule has 8 nitrogen and oxygen atoms in total. The minimum atomic E-state index is -0.916. The number of benzene rings is 1. The van der Waals surface area contributed by atoms with Gasteiger partial charge >= 0.3 is 6.09 Å². The number of anilines is 1. The van der Waals surface area contributed by atoms with Gasteiger partial charge in [0.1, 0.15) is 11.3 Å². The highest BCUT2D eigenvalue weighted by Gasteiger charge is 2.32. The molecule has 4 rings (SSSR count). The van der Waals surface area contributed by atoms with Crippen molar-refractivity contribution in [3.8, 4) is 5.75 Å². The normalized spacial score (nSPS) is 18.7. The third-order valence-electron chi connectivity index (χ3n) is 6.19. The van der Waals surface area contributed by atoms with Crippen molar-refractivity contribution in [1.29, 1.82) is 0 Å². The SMILES string of the molecule is C[C@@H](COC1CCN(c2nc3cc(OCC4CC4)ccc3o2)CC1)N(C(=O)O)C(C)(C)C. The predicted octanol–water partition coefficient (Wildman–Crippen LogP) is 4.77. The maximum atomic E-state index is 11.6. The number of amides is 1. The molecule has 2 fully saturated rings. The zero-order valence-corrected chi connectivity index (χ0v) is 19.5. The van der Waals surface area contributed by atoms with Crippen LogP contribution in [-0.2, 0) is 4.74 Å². The maximum Gasteiger partial charge on any atom is 0.408 e. The molecule has 176 valence electrons. The first-order valence-electron chi connectivity index (χ1n) is 11.6. The van der Waals surface area contributed by atoms with Gasteiger partial charge in [-0.25, -0.2) is 4.79 Å². The molecule has 1 saturated carbocycles. The molecule has 1 aromatic heterocycles. The topological polar surface area (TPSA) is 88.3 Å². The van der Waals surface area contributed by atoms with E-state index in [0.29, 0.717) is 18.5 Å². The van der Waals surface area contributed by atoms with Crippen LogP contribution in [0.4, 0.5) is 10.8 Å². The van der Waals surface area contributed by atoms with Crippen molar-refractivity contribution in [2.45, 2.75) is 71.1 Å². The van der Waals surface area contributed by atoms with E-state index in [1.807, 2.05) is 45.9 Å². The summed E-state index contributed by atoms with van der Waals surface area (Å²) >= 11 is 0. The first-order chi connectivity index (χ1) is 15.2. The molecule has 32 heavy (non-hydrogen) atoms. The molecule has 1 aliphatic carbocycles. The molecule has 1 saturated heterocycles. The van der Waals surface area contributed by atoms with E-state index >= 15 is 0 Å². The number of carboxylic acid groups (broad SMARTS) is 1. The summed E-state index contributed by atoms with van der Waals surface area (Å²) < 4.78 is 17.9. The Hall–Kier alpha value is -2.48. The summed E-state index contributed by atoms with van der Waals surface area (Å²) in [7, 11) is 0. The van der Waals surface area contributed by atoms with Crippen LogP contribution >= 0.6 is 0 Å². The highest BCUT2D eigenvalue weighted by molar-refractivity contribution is 5.76. The average molecular weight is 446 g/mol. The lowest BCUT2D eigenvalue weighted by Gasteiger charge is -2.39. The summed E-state index contributed by atoms with van der Waals surface area (Å²) in [5.41, 5.74) is 1.12. The number of rotatable bonds is 8. The van der Waals surface area contributed by atoms with Crippen LogP contribution in [-0.4, -0.2) is 65.1 Å². The number of hydrogen-bond donors (Lipinski definition) is 1. The second kappa shape index (κ2) is 9.17. The number of fused-ring (bicyclic) bond motifs is 1. The van der Waals surface area contributed by atoms with Crippen molar-refractivity contribution in [2.75, 3.05) is 31.2 Å². The fourth-order valence-electron chi connectivity index (χ4n) is 4.32. The van der Waals surface area contributed by atoms with Crippen molar-refractivity contribution < 1.29 is 23.8 Å². The number of aromatic nitrogens is 1. The van der Waals surface area contributed by atoms with Gasteiger partial charge in [-0.1, -0.05) is 0 Å². The molecule has 2 heterocycles. The summed E-state index contributed by atoms with van der Waals surface area (Å²) in [5.74, 6) is 1.56. The highest BCUT2D eigenvalue weighted by atomic mass is 16.5. The molecule has 0 spiro atoms. The predicted molar refractivity (Wildman–Crippen MR) is 122 cm³/mol. The Morgan fingerprint density at radius 1 is 1.28 bits per heavy atom. The van der Waals surface area contributed by atoms with Gasteiger partial charge in [0.05, 0.1) is 25.4 Å². The van der Waals surface area contributed by atoms with Gasteiger partial charge in [-0.2, -0.15) is 4.98 Å². The Kier molecular flexibility index (Phi) is 6.51. The fourth-order valence-corrected chi connectivity index (χ4v) is 4.32. The van der Waals surface area contributed by atoms with Crippen molar-refractivity contribution in [3.63, 3.8) is 0 Å². The largest absolute Gasteiger partial charge is 0.493 e. The van der Waals surface area contributed by atoms with Gasteiger partial charge < -0.3 is 23.9 Å². The standard InChI is InChI=1S/C24H35N3O5/c1-16(27(23(28)29)24(2,3)4)14-30-18-9-11-26(12-10-18)22-25-20-13-19(7-8-21(20)32-22)31-15-17-5-6-17/h7-8,13,16-18H,5-6,9-12,14-15H2,1-4H3,(H,28,29)/t16-/m0/s1. The lowest BCUT2D eigenvalue weighted by atomic mass is 10.0. The number of oxazole rings is 1. The summed E-state index contributed by atoms with van der Waals surface area (Å²) in [6.07, 6.45) is 3.43. The molecule has 0 radical (unpaired) electrons. The Morgan fingerprint density at radius 2 is 2.00 bits per heavy atom. The molecule has 1 N–H and O–H groups in total. The van der Waals surface area contributed by atoms with Crippen LogP contribution in [0.2, 0.25) is 0 Å². The molecule has 1 amide bonds. The Bertz CT molecular complexity index is 925. The van der Waals surface area contributed by atoms with Gasteiger partial charge in [-0.3, -0.25) is 4.90 Å². The molecule has 2 aliphatic rings. The molecule has 1 aliphatic heterocycles. The van der Waals surface area contributed by atoms with E-state index in [9.17, 15) is 9.90 Å².